The van der Waals surface area contributed by atoms with Crippen LogP contribution in [0.4, 0.5) is 0 Å². The maximum absolute atomic E-state index is 12.0. The quantitative estimate of drug-likeness (QED) is 0.734. The van der Waals surface area contributed by atoms with Gasteiger partial charge in [0.05, 0.1) is 6.61 Å². The van der Waals surface area contributed by atoms with Crippen LogP contribution in [0, 0.1) is 5.92 Å². The van der Waals surface area contributed by atoms with E-state index in [1.807, 2.05) is 42.1 Å². The number of carbonyl (C=O) groups excluding carboxylic acids is 1. The largest absolute Gasteiger partial charge is 0.369 e. The first-order chi connectivity index (χ1) is 10.3. The van der Waals surface area contributed by atoms with Crippen LogP contribution in [0.1, 0.15) is 28.2 Å². The van der Waals surface area contributed by atoms with Crippen LogP contribution in [-0.4, -0.2) is 22.4 Å². The standard InChI is InChI=1S/C16H17NO3S/c18-16(6-13-10-21-11-13)15-7-14(20-17-15)9-19-8-12-4-2-1-3-5-12/h1-5,7,13H,6,8-11H2. The Kier molecular flexibility index (Phi) is 4.72. The van der Waals surface area contributed by atoms with Crippen molar-refractivity contribution in [3.05, 3.63) is 53.4 Å². The second-order valence-corrected chi connectivity index (χ2v) is 6.26. The zero-order valence-corrected chi connectivity index (χ0v) is 12.5. The number of carbonyl (C=O) groups is 1. The summed E-state index contributed by atoms with van der Waals surface area (Å²) in [5.74, 6) is 3.33. The molecule has 0 spiro atoms. The van der Waals surface area contributed by atoms with Crippen LogP contribution in [0.25, 0.3) is 0 Å². The highest BCUT2D eigenvalue weighted by atomic mass is 32.2. The van der Waals surface area contributed by atoms with Crippen molar-refractivity contribution in [2.45, 2.75) is 19.6 Å². The van der Waals surface area contributed by atoms with Gasteiger partial charge in [-0.05, 0) is 23.0 Å². The summed E-state index contributed by atoms with van der Waals surface area (Å²) >= 11 is 1.88. The van der Waals surface area contributed by atoms with E-state index in [0.717, 1.165) is 17.1 Å². The van der Waals surface area contributed by atoms with Gasteiger partial charge in [-0.2, -0.15) is 11.8 Å². The summed E-state index contributed by atoms with van der Waals surface area (Å²) < 4.78 is 10.7. The van der Waals surface area contributed by atoms with Crippen molar-refractivity contribution in [1.29, 1.82) is 0 Å². The lowest BCUT2D eigenvalue weighted by molar-refractivity contribution is 0.0879. The van der Waals surface area contributed by atoms with Crippen molar-refractivity contribution in [2.24, 2.45) is 5.92 Å². The fourth-order valence-electron chi connectivity index (χ4n) is 2.13. The maximum atomic E-state index is 12.0. The number of ketones is 1. The summed E-state index contributed by atoms with van der Waals surface area (Å²) in [4.78, 5) is 12.0. The molecule has 0 aliphatic carbocycles. The first kappa shape index (κ1) is 14.4. The molecule has 0 N–H and O–H groups in total. The summed E-state index contributed by atoms with van der Waals surface area (Å²) in [6.07, 6.45) is 0.573. The molecular weight excluding hydrogens is 286 g/mol. The molecule has 2 aromatic rings. The summed E-state index contributed by atoms with van der Waals surface area (Å²) in [6.45, 7) is 0.846. The molecule has 0 unspecified atom stereocenters. The summed E-state index contributed by atoms with van der Waals surface area (Å²) in [6, 6.07) is 11.6. The van der Waals surface area contributed by atoms with Gasteiger partial charge in [0.2, 0.25) is 0 Å². The molecule has 21 heavy (non-hydrogen) atoms. The van der Waals surface area contributed by atoms with Crippen molar-refractivity contribution >= 4 is 17.5 Å². The van der Waals surface area contributed by atoms with Crippen molar-refractivity contribution in [1.82, 2.24) is 5.16 Å². The van der Waals surface area contributed by atoms with Crippen LogP contribution in [0.2, 0.25) is 0 Å². The average molecular weight is 303 g/mol. The van der Waals surface area contributed by atoms with Gasteiger partial charge in [0.15, 0.2) is 11.5 Å². The van der Waals surface area contributed by atoms with Gasteiger partial charge in [0.25, 0.3) is 0 Å². The van der Waals surface area contributed by atoms with Crippen LogP contribution in [0.3, 0.4) is 0 Å². The van der Waals surface area contributed by atoms with Crippen molar-refractivity contribution in [3.8, 4) is 0 Å². The topological polar surface area (TPSA) is 52.3 Å². The number of Topliss-reactive ketones (excluding diaryl/α,β-unsaturated/α-hetero) is 1. The predicted octanol–water partition coefficient (Wildman–Crippen LogP) is 3.33. The number of hydrogen-bond donors (Lipinski definition) is 0. The molecule has 2 heterocycles. The molecule has 1 aromatic carbocycles. The Balaban J connectivity index is 1.47. The highest BCUT2D eigenvalue weighted by Gasteiger charge is 2.23. The normalized spacial score (nSPS) is 14.9. The molecular formula is C16H17NO3S. The Labute approximate surface area is 127 Å². The van der Waals surface area contributed by atoms with Gasteiger partial charge < -0.3 is 9.26 Å². The van der Waals surface area contributed by atoms with Gasteiger partial charge in [-0.3, -0.25) is 4.79 Å². The second-order valence-electron chi connectivity index (χ2n) is 5.19. The van der Waals surface area contributed by atoms with E-state index < -0.39 is 0 Å². The second kappa shape index (κ2) is 6.91. The third-order valence-corrected chi connectivity index (χ3v) is 4.80. The van der Waals surface area contributed by atoms with Crippen LogP contribution < -0.4 is 0 Å². The molecule has 0 atom stereocenters. The number of thioether (sulfide) groups is 1. The summed E-state index contributed by atoms with van der Waals surface area (Å²) in [7, 11) is 0. The molecule has 3 rings (SSSR count). The minimum absolute atomic E-state index is 0.0679. The lowest BCUT2D eigenvalue weighted by Crippen LogP contribution is -2.21. The number of aromatic nitrogens is 1. The van der Waals surface area contributed by atoms with Crippen LogP contribution in [0.5, 0.6) is 0 Å². The Morgan fingerprint density at radius 3 is 2.81 bits per heavy atom. The van der Waals surface area contributed by atoms with E-state index in [0.29, 0.717) is 37.0 Å². The van der Waals surface area contributed by atoms with E-state index >= 15 is 0 Å². The van der Waals surface area contributed by atoms with E-state index in [-0.39, 0.29) is 5.78 Å². The lowest BCUT2D eigenvalue weighted by Gasteiger charge is -2.23. The molecule has 4 nitrogen and oxygen atoms in total. The first-order valence-corrected chi connectivity index (χ1v) is 8.15. The smallest absolute Gasteiger partial charge is 0.185 e. The van der Waals surface area contributed by atoms with Crippen molar-refractivity contribution in [3.63, 3.8) is 0 Å². The molecule has 1 fully saturated rings. The third kappa shape index (κ3) is 3.95. The van der Waals surface area contributed by atoms with E-state index in [9.17, 15) is 4.79 Å². The highest BCUT2D eigenvalue weighted by Crippen LogP contribution is 2.28. The Hall–Kier alpha value is -1.59. The lowest BCUT2D eigenvalue weighted by atomic mass is 10.0. The minimum Gasteiger partial charge on any atom is -0.369 e. The fourth-order valence-corrected chi connectivity index (χ4v) is 2.93. The van der Waals surface area contributed by atoms with Gasteiger partial charge in [-0.25, -0.2) is 0 Å². The van der Waals surface area contributed by atoms with Crippen LogP contribution >= 0.6 is 11.8 Å². The number of nitrogens with zero attached hydrogens (tertiary/aromatic N) is 1. The minimum atomic E-state index is 0.0679. The van der Waals surface area contributed by atoms with E-state index in [2.05, 4.69) is 5.16 Å². The molecule has 0 amide bonds. The number of benzene rings is 1. The molecule has 0 saturated carbocycles. The number of ether oxygens (including phenoxy) is 1. The zero-order chi connectivity index (χ0) is 14.5. The molecule has 1 aliphatic heterocycles. The molecule has 1 saturated heterocycles. The number of rotatable bonds is 7. The van der Waals surface area contributed by atoms with Gasteiger partial charge in [-0.1, -0.05) is 35.5 Å². The van der Waals surface area contributed by atoms with E-state index in [1.54, 1.807) is 6.07 Å². The first-order valence-electron chi connectivity index (χ1n) is 6.99. The third-order valence-electron chi connectivity index (χ3n) is 3.38. The van der Waals surface area contributed by atoms with Gasteiger partial charge in [0, 0.05) is 12.5 Å². The molecule has 110 valence electrons. The van der Waals surface area contributed by atoms with Crippen LogP contribution in [0.15, 0.2) is 40.9 Å². The predicted molar refractivity (Wildman–Crippen MR) is 81.2 cm³/mol. The average Bonchev–Trinajstić information content (AvgIpc) is 2.93. The van der Waals surface area contributed by atoms with Gasteiger partial charge >= 0.3 is 0 Å². The Morgan fingerprint density at radius 1 is 1.29 bits per heavy atom. The van der Waals surface area contributed by atoms with Gasteiger partial charge in [0.1, 0.15) is 12.3 Å². The van der Waals surface area contributed by atoms with Crippen molar-refractivity contribution in [2.75, 3.05) is 11.5 Å². The molecule has 1 aromatic heterocycles. The van der Waals surface area contributed by atoms with E-state index in [4.69, 9.17) is 9.26 Å². The molecule has 1 aliphatic rings. The Morgan fingerprint density at radius 2 is 2.10 bits per heavy atom. The van der Waals surface area contributed by atoms with Crippen molar-refractivity contribution < 1.29 is 14.1 Å². The monoisotopic (exact) mass is 303 g/mol. The summed E-state index contributed by atoms with van der Waals surface area (Å²) in [5.41, 5.74) is 1.53. The van der Waals surface area contributed by atoms with Crippen LogP contribution in [-0.2, 0) is 18.0 Å². The van der Waals surface area contributed by atoms with Gasteiger partial charge in [-0.15, -0.1) is 0 Å². The Bertz CT molecular complexity index is 593. The highest BCUT2D eigenvalue weighted by molar-refractivity contribution is 8.00. The summed E-state index contributed by atoms with van der Waals surface area (Å²) in [5, 5.41) is 3.84. The van der Waals surface area contributed by atoms with E-state index in [1.165, 1.54) is 0 Å². The molecule has 0 bridgehead atoms. The number of hydrogen-bond acceptors (Lipinski definition) is 5. The SMILES string of the molecule is O=C(CC1CSC1)c1cc(COCc2ccccc2)on1. The zero-order valence-electron chi connectivity index (χ0n) is 11.7. The molecule has 0 radical (unpaired) electrons. The fraction of sp³-hybridized carbons (Fsp3) is 0.375. The molecule has 5 heteroatoms. The maximum Gasteiger partial charge on any atom is 0.185 e.